The van der Waals surface area contributed by atoms with E-state index in [4.69, 9.17) is 10.5 Å². The van der Waals surface area contributed by atoms with Crippen LogP contribution >= 0.6 is 0 Å². The zero-order valence-corrected chi connectivity index (χ0v) is 11.3. The van der Waals surface area contributed by atoms with Crippen LogP contribution in [0.15, 0.2) is 30.5 Å². The molecule has 1 heterocycles. The molecule has 0 amide bonds. The molecule has 1 aromatic heterocycles. The number of aromatic nitrogens is 1. The van der Waals surface area contributed by atoms with Crippen molar-refractivity contribution >= 4 is 22.7 Å². The highest BCUT2D eigenvalue weighted by Crippen LogP contribution is 2.33. The van der Waals surface area contributed by atoms with Crippen LogP contribution in [0.3, 0.4) is 0 Å². The van der Waals surface area contributed by atoms with Crippen LogP contribution in [0.2, 0.25) is 0 Å². The lowest BCUT2D eigenvalue weighted by molar-refractivity contribution is 0.234. The summed E-state index contributed by atoms with van der Waals surface area (Å²) in [5.74, 6) is 0.865. The van der Waals surface area contributed by atoms with Gasteiger partial charge in [0.25, 0.3) is 0 Å². The highest BCUT2D eigenvalue weighted by Gasteiger charge is 2.22. The molecule has 0 unspecified atom stereocenters. The highest BCUT2D eigenvalue weighted by atomic mass is 16.5. The molecule has 0 saturated heterocycles. The van der Waals surface area contributed by atoms with Gasteiger partial charge in [-0.2, -0.15) is 0 Å². The Morgan fingerprint density at radius 1 is 1.42 bits per heavy atom. The Bertz CT molecular complexity index is 608. The summed E-state index contributed by atoms with van der Waals surface area (Å²) in [4.78, 5) is 0. The van der Waals surface area contributed by atoms with Crippen molar-refractivity contribution in [3.8, 4) is 0 Å². The number of ether oxygens (including phenoxy) is 1. The van der Waals surface area contributed by atoms with E-state index in [0.717, 1.165) is 18.2 Å². The molecule has 3 rings (SSSR count). The lowest BCUT2D eigenvalue weighted by Gasteiger charge is -2.08. The van der Waals surface area contributed by atoms with Gasteiger partial charge in [-0.3, -0.25) is 0 Å². The maximum Gasteiger partial charge on any atom is 0.0646 e. The summed E-state index contributed by atoms with van der Waals surface area (Å²) in [6.07, 6.45) is 9.04. The number of methoxy groups -OCH3 is 1. The molecule has 1 aromatic carbocycles. The topological polar surface area (TPSA) is 40.2 Å². The van der Waals surface area contributed by atoms with Crippen LogP contribution in [0, 0.1) is 5.92 Å². The number of fused-ring (bicyclic) bond motifs is 1. The van der Waals surface area contributed by atoms with Crippen LogP contribution in [0.5, 0.6) is 0 Å². The first kappa shape index (κ1) is 12.3. The summed E-state index contributed by atoms with van der Waals surface area (Å²) >= 11 is 0. The first-order valence-corrected chi connectivity index (χ1v) is 6.82. The molecule has 1 saturated carbocycles. The number of benzene rings is 1. The molecule has 2 aromatic rings. The first-order chi connectivity index (χ1) is 9.28. The van der Waals surface area contributed by atoms with E-state index in [2.05, 4.69) is 22.9 Å². The third-order valence-corrected chi connectivity index (χ3v) is 3.62. The fourth-order valence-corrected chi connectivity index (χ4v) is 2.54. The van der Waals surface area contributed by atoms with E-state index in [9.17, 15) is 0 Å². The van der Waals surface area contributed by atoms with Crippen LogP contribution in [-0.2, 0) is 11.3 Å². The number of anilines is 1. The highest BCUT2D eigenvalue weighted by molar-refractivity contribution is 5.91. The smallest absolute Gasteiger partial charge is 0.0646 e. The SMILES string of the molecule is COC/C=C/c1cc(N)cc2ccn(CC3CC3)c12. The van der Waals surface area contributed by atoms with Crippen molar-refractivity contribution in [1.29, 1.82) is 0 Å². The Kier molecular flexibility index (Phi) is 3.30. The Morgan fingerprint density at radius 3 is 3.00 bits per heavy atom. The summed E-state index contributed by atoms with van der Waals surface area (Å²) in [5, 5.41) is 1.22. The van der Waals surface area contributed by atoms with Gasteiger partial charge in [-0.15, -0.1) is 0 Å². The molecule has 19 heavy (non-hydrogen) atoms. The number of nitrogens with two attached hydrogens (primary N) is 1. The summed E-state index contributed by atoms with van der Waals surface area (Å²) in [6, 6.07) is 6.24. The van der Waals surface area contributed by atoms with Gasteiger partial charge >= 0.3 is 0 Å². The van der Waals surface area contributed by atoms with E-state index in [0.29, 0.717) is 6.61 Å². The number of hydrogen-bond acceptors (Lipinski definition) is 2. The molecule has 3 heteroatoms. The fourth-order valence-electron chi connectivity index (χ4n) is 2.54. The zero-order chi connectivity index (χ0) is 13.2. The predicted molar refractivity (Wildman–Crippen MR) is 80.0 cm³/mol. The molecule has 1 fully saturated rings. The van der Waals surface area contributed by atoms with E-state index < -0.39 is 0 Å². The minimum atomic E-state index is 0.625. The standard InChI is InChI=1S/C16H20N2O/c1-19-8-2-3-13-9-15(17)10-14-6-7-18(16(13)14)11-12-4-5-12/h2-3,6-7,9-10,12H,4-5,8,11,17H2,1H3/b3-2+. The van der Waals surface area contributed by atoms with Crippen molar-refractivity contribution in [2.45, 2.75) is 19.4 Å². The molecule has 1 aliphatic carbocycles. The van der Waals surface area contributed by atoms with Gasteiger partial charge in [-0.25, -0.2) is 0 Å². The summed E-state index contributed by atoms with van der Waals surface area (Å²) < 4.78 is 7.43. The summed E-state index contributed by atoms with van der Waals surface area (Å²) in [7, 11) is 1.70. The predicted octanol–water partition coefficient (Wildman–Crippen LogP) is 3.29. The van der Waals surface area contributed by atoms with E-state index in [1.54, 1.807) is 7.11 Å². The lowest BCUT2D eigenvalue weighted by Crippen LogP contribution is -1.99. The van der Waals surface area contributed by atoms with E-state index in [1.165, 1.54) is 29.3 Å². The maximum atomic E-state index is 5.98. The average molecular weight is 256 g/mol. The number of nitrogens with zero attached hydrogens (tertiary/aromatic N) is 1. The van der Waals surface area contributed by atoms with Crippen molar-refractivity contribution in [2.75, 3.05) is 19.5 Å². The van der Waals surface area contributed by atoms with Gasteiger partial charge in [0.2, 0.25) is 0 Å². The van der Waals surface area contributed by atoms with Crippen molar-refractivity contribution < 1.29 is 4.74 Å². The van der Waals surface area contributed by atoms with Crippen LogP contribution in [0.4, 0.5) is 5.69 Å². The normalized spacial score (nSPS) is 15.6. The third kappa shape index (κ3) is 2.66. The van der Waals surface area contributed by atoms with Crippen molar-refractivity contribution in [3.05, 3.63) is 36.0 Å². The maximum absolute atomic E-state index is 5.98. The molecule has 0 bridgehead atoms. The van der Waals surface area contributed by atoms with Gasteiger partial charge in [0.15, 0.2) is 0 Å². The van der Waals surface area contributed by atoms with Crippen LogP contribution < -0.4 is 5.73 Å². The minimum absolute atomic E-state index is 0.625. The number of nitrogen functional groups attached to an aromatic ring is 1. The lowest BCUT2D eigenvalue weighted by atomic mass is 10.1. The van der Waals surface area contributed by atoms with Gasteiger partial charge < -0.3 is 15.0 Å². The third-order valence-electron chi connectivity index (χ3n) is 3.62. The quantitative estimate of drug-likeness (QED) is 0.834. The van der Waals surface area contributed by atoms with E-state index in [-0.39, 0.29) is 0 Å². The molecule has 0 radical (unpaired) electrons. The Morgan fingerprint density at radius 2 is 2.26 bits per heavy atom. The zero-order valence-electron chi connectivity index (χ0n) is 11.3. The van der Waals surface area contributed by atoms with Crippen LogP contribution in [0.1, 0.15) is 18.4 Å². The summed E-state index contributed by atoms with van der Waals surface area (Å²) in [5.41, 5.74) is 9.26. The minimum Gasteiger partial charge on any atom is -0.399 e. The molecule has 1 aliphatic rings. The van der Waals surface area contributed by atoms with Gasteiger partial charge in [-0.05, 0) is 37.0 Å². The molecule has 3 nitrogen and oxygen atoms in total. The van der Waals surface area contributed by atoms with Crippen LogP contribution in [-0.4, -0.2) is 18.3 Å². The number of hydrogen-bond donors (Lipinski definition) is 1. The van der Waals surface area contributed by atoms with Crippen molar-refractivity contribution in [2.24, 2.45) is 5.92 Å². The monoisotopic (exact) mass is 256 g/mol. The van der Waals surface area contributed by atoms with E-state index >= 15 is 0 Å². The molecule has 0 spiro atoms. The van der Waals surface area contributed by atoms with Crippen molar-refractivity contribution in [1.82, 2.24) is 4.57 Å². The molecule has 100 valence electrons. The molecule has 0 atom stereocenters. The van der Waals surface area contributed by atoms with E-state index in [1.807, 2.05) is 18.2 Å². The Hall–Kier alpha value is -1.74. The second-order valence-electron chi connectivity index (χ2n) is 5.32. The van der Waals surface area contributed by atoms with Gasteiger partial charge in [0.1, 0.15) is 0 Å². The largest absolute Gasteiger partial charge is 0.399 e. The molecular formula is C16H20N2O. The molecular weight excluding hydrogens is 236 g/mol. The Balaban J connectivity index is 2.02. The second kappa shape index (κ2) is 5.10. The Labute approximate surface area is 113 Å². The van der Waals surface area contributed by atoms with Crippen LogP contribution in [0.25, 0.3) is 17.0 Å². The van der Waals surface area contributed by atoms with Gasteiger partial charge in [-0.1, -0.05) is 12.2 Å². The number of rotatable bonds is 5. The molecule has 2 N–H and O–H groups in total. The second-order valence-corrected chi connectivity index (χ2v) is 5.32. The summed E-state index contributed by atoms with van der Waals surface area (Å²) in [6.45, 7) is 1.75. The van der Waals surface area contributed by atoms with Gasteiger partial charge in [0.05, 0.1) is 12.1 Å². The molecule has 0 aliphatic heterocycles. The van der Waals surface area contributed by atoms with Crippen molar-refractivity contribution in [3.63, 3.8) is 0 Å². The van der Waals surface area contributed by atoms with Gasteiger partial charge in [0, 0.05) is 36.5 Å². The fraction of sp³-hybridized carbons (Fsp3) is 0.375. The first-order valence-electron chi connectivity index (χ1n) is 6.82. The average Bonchev–Trinajstić information content (AvgIpc) is 3.10.